The van der Waals surface area contributed by atoms with Crippen LogP contribution in [0.1, 0.15) is 11.1 Å². The van der Waals surface area contributed by atoms with Gasteiger partial charge in [0.1, 0.15) is 0 Å². The van der Waals surface area contributed by atoms with Crippen LogP contribution in [0.2, 0.25) is 0 Å². The Balaban J connectivity index is 1.91. The van der Waals surface area contributed by atoms with Gasteiger partial charge in [0.25, 0.3) is 0 Å². The van der Waals surface area contributed by atoms with Crippen molar-refractivity contribution in [1.82, 2.24) is 10.9 Å². The Morgan fingerprint density at radius 2 is 1.37 bits per heavy atom. The lowest BCUT2D eigenvalue weighted by atomic mass is 10.2. The van der Waals surface area contributed by atoms with Gasteiger partial charge in [0.05, 0.1) is 0 Å². The lowest BCUT2D eigenvalue weighted by molar-refractivity contribution is 0.825. The van der Waals surface area contributed by atoms with Crippen molar-refractivity contribution in [2.24, 2.45) is 10.2 Å². The fourth-order valence-corrected chi connectivity index (χ4v) is 2.41. The zero-order valence-electron chi connectivity index (χ0n) is 9.97. The molecule has 0 aromatic heterocycles. The number of nitrogens with one attached hydrogen (secondary N) is 2. The van der Waals surface area contributed by atoms with E-state index in [0.29, 0.717) is 0 Å². The Morgan fingerprint density at radius 1 is 0.737 bits per heavy atom. The second kappa shape index (κ2) is 5.40. The quantitative estimate of drug-likeness (QED) is 0.807. The molecule has 0 amide bonds. The molecule has 0 fully saturated rings. The topological polar surface area (TPSA) is 48.8 Å². The van der Waals surface area contributed by atoms with E-state index in [-0.39, 0.29) is 0 Å². The van der Waals surface area contributed by atoms with Crippen LogP contribution >= 0.6 is 22.6 Å². The van der Waals surface area contributed by atoms with Crippen LogP contribution in [0.3, 0.4) is 0 Å². The minimum atomic E-state index is 0.718. The smallest absolute Gasteiger partial charge is 0.175 e. The van der Waals surface area contributed by atoms with Crippen molar-refractivity contribution in [2.75, 3.05) is 0 Å². The van der Waals surface area contributed by atoms with E-state index in [4.69, 9.17) is 0 Å². The van der Waals surface area contributed by atoms with Gasteiger partial charge in [-0.3, -0.25) is 10.9 Å². The van der Waals surface area contributed by atoms with Crippen molar-refractivity contribution in [1.29, 1.82) is 0 Å². The van der Waals surface area contributed by atoms with Gasteiger partial charge in [-0.05, 0) is 28.7 Å². The predicted octanol–water partition coefficient (Wildman–Crippen LogP) is 2.51. The molecule has 4 nitrogen and oxygen atoms in total. The third kappa shape index (κ3) is 2.60. The highest BCUT2D eigenvalue weighted by Gasteiger charge is 2.13. The SMILES string of the molecule is Ic1ccccc1C1=NN=C(c2ccccc2)NN1. The number of hydrogen-bond acceptors (Lipinski definition) is 4. The molecule has 2 aromatic carbocycles. The Hall–Kier alpha value is -1.89. The summed E-state index contributed by atoms with van der Waals surface area (Å²) in [6.07, 6.45) is 0. The van der Waals surface area contributed by atoms with Crippen LogP contribution in [-0.4, -0.2) is 11.7 Å². The molecular formula is C14H11IN4. The van der Waals surface area contributed by atoms with Crippen LogP contribution in [0.25, 0.3) is 0 Å². The van der Waals surface area contributed by atoms with Crippen molar-refractivity contribution in [3.05, 3.63) is 69.3 Å². The number of hydrazine groups is 1. The van der Waals surface area contributed by atoms with Crippen LogP contribution in [0.15, 0.2) is 64.8 Å². The van der Waals surface area contributed by atoms with Crippen molar-refractivity contribution < 1.29 is 0 Å². The molecule has 1 aliphatic rings. The summed E-state index contributed by atoms with van der Waals surface area (Å²) < 4.78 is 1.13. The van der Waals surface area contributed by atoms with Crippen molar-refractivity contribution in [2.45, 2.75) is 0 Å². The average Bonchev–Trinajstić information content (AvgIpc) is 2.49. The number of halogens is 1. The van der Waals surface area contributed by atoms with Crippen LogP contribution in [0.4, 0.5) is 0 Å². The van der Waals surface area contributed by atoms with Crippen molar-refractivity contribution in [3.8, 4) is 0 Å². The first kappa shape index (κ1) is 12.2. The van der Waals surface area contributed by atoms with E-state index in [1.54, 1.807) is 0 Å². The Kier molecular flexibility index (Phi) is 3.45. The molecule has 0 bridgehead atoms. The minimum absolute atomic E-state index is 0.718. The Morgan fingerprint density at radius 3 is 2.05 bits per heavy atom. The summed E-state index contributed by atoms with van der Waals surface area (Å²) in [6, 6.07) is 17.9. The minimum Gasteiger partial charge on any atom is -0.281 e. The monoisotopic (exact) mass is 362 g/mol. The summed E-state index contributed by atoms with van der Waals surface area (Å²) >= 11 is 2.28. The normalized spacial score (nSPS) is 13.9. The van der Waals surface area contributed by atoms with E-state index >= 15 is 0 Å². The van der Waals surface area contributed by atoms with E-state index in [1.807, 2.05) is 54.6 Å². The highest BCUT2D eigenvalue weighted by Crippen LogP contribution is 2.13. The Bertz CT molecular complexity index is 650. The standard InChI is InChI=1S/C14H11IN4/c15-12-9-5-4-8-11(12)14-18-16-13(17-19-14)10-6-2-1-3-7-10/h1-9H,(H,16,17)(H,18,19). The fourth-order valence-electron chi connectivity index (χ4n) is 1.77. The van der Waals surface area contributed by atoms with Gasteiger partial charge in [-0.1, -0.05) is 48.5 Å². The van der Waals surface area contributed by atoms with Gasteiger partial charge >= 0.3 is 0 Å². The highest BCUT2D eigenvalue weighted by molar-refractivity contribution is 14.1. The number of nitrogens with zero attached hydrogens (tertiary/aromatic N) is 2. The van der Waals surface area contributed by atoms with E-state index < -0.39 is 0 Å². The largest absolute Gasteiger partial charge is 0.281 e. The van der Waals surface area contributed by atoms with Gasteiger partial charge in [-0.15, -0.1) is 10.2 Å². The lowest BCUT2D eigenvalue weighted by Crippen LogP contribution is -2.45. The summed E-state index contributed by atoms with van der Waals surface area (Å²) in [5.74, 6) is 1.44. The molecule has 0 unspecified atom stereocenters. The molecule has 0 atom stereocenters. The molecule has 3 rings (SSSR count). The van der Waals surface area contributed by atoms with Gasteiger partial charge < -0.3 is 0 Å². The van der Waals surface area contributed by atoms with Gasteiger partial charge in [0, 0.05) is 14.7 Å². The van der Waals surface area contributed by atoms with E-state index in [9.17, 15) is 0 Å². The maximum Gasteiger partial charge on any atom is 0.175 e. The van der Waals surface area contributed by atoms with E-state index in [2.05, 4.69) is 43.6 Å². The molecule has 5 heteroatoms. The second-order valence-electron chi connectivity index (χ2n) is 3.99. The molecule has 0 saturated heterocycles. The number of rotatable bonds is 2. The molecule has 0 spiro atoms. The van der Waals surface area contributed by atoms with Gasteiger partial charge in [0.15, 0.2) is 11.7 Å². The zero-order valence-corrected chi connectivity index (χ0v) is 12.1. The third-order valence-electron chi connectivity index (χ3n) is 2.73. The molecule has 0 aliphatic carbocycles. The lowest BCUT2D eigenvalue weighted by Gasteiger charge is -2.17. The van der Waals surface area contributed by atoms with Crippen molar-refractivity contribution >= 4 is 34.3 Å². The predicted molar refractivity (Wildman–Crippen MR) is 84.9 cm³/mol. The Labute approximate surface area is 124 Å². The fraction of sp³-hybridized carbons (Fsp3) is 0. The number of hydrogen-bond donors (Lipinski definition) is 2. The van der Waals surface area contributed by atoms with Gasteiger partial charge in [-0.25, -0.2) is 0 Å². The van der Waals surface area contributed by atoms with E-state index in [1.165, 1.54) is 0 Å². The molecule has 0 saturated carbocycles. The first-order valence-electron chi connectivity index (χ1n) is 5.82. The molecular weight excluding hydrogens is 351 g/mol. The van der Waals surface area contributed by atoms with Crippen LogP contribution in [0.5, 0.6) is 0 Å². The average molecular weight is 362 g/mol. The summed E-state index contributed by atoms with van der Waals surface area (Å²) in [5, 5.41) is 8.47. The van der Waals surface area contributed by atoms with Crippen LogP contribution < -0.4 is 10.9 Å². The maximum atomic E-state index is 4.24. The van der Waals surface area contributed by atoms with Gasteiger partial charge in [0.2, 0.25) is 0 Å². The number of benzene rings is 2. The van der Waals surface area contributed by atoms with Gasteiger partial charge in [-0.2, -0.15) is 0 Å². The molecule has 2 aromatic rings. The molecule has 94 valence electrons. The first-order chi connectivity index (χ1) is 9.34. The third-order valence-corrected chi connectivity index (χ3v) is 3.67. The molecule has 0 radical (unpaired) electrons. The zero-order chi connectivity index (χ0) is 13.1. The maximum absolute atomic E-state index is 4.24. The van der Waals surface area contributed by atoms with E-state index in [0.717, 1.165) is 26.4 Å². The molecule has 1 heterocycles. The highest BCUT2D eigenvalue weighted by atomic mass is 127. The molecule has 19 heavy (non-hydrogen) atoms. The van der Waals surface area contributed by atoms with Crippen LogP contribution in [0, 0.1) is 3.57 Å². The first-order valence-corrected chi connectivity index (χ1v) is 6.90. The summed E-state index contributed by atoms with van der Waals surface area (Å²) in [4.78, 5) is 0. The van der Waals surface area contributed by atoms with Crippen molar-refractivity contribution in [3.63, 3.8) is 0 Å². The molecule has 1 aliphatic heterocycles. The van der Waals surface area contributed by atoms with Crippen LogP contribution in [-0.2, 0) is 0 Å². The number of amidine groups is 2. The summed E-state index contributed by atoms with van der Waals surface area (Å²) in [7, 11) is 0. The summed E-state index contributed by atoms with van der Waals surface area (Å²) in [5.41, 5.74) is 8.20. The molecule has 2 N–H and O–H groups in total. The summed E-state index contributed by atoms with van der Waals surface area (Å²) in [6.45, 7) is 0. The second-order valence-corrected chi connectivity index (χ2v) is 5.16.